The highest BCUT2D eigenvalue weighted by Crippen LogP contribution is 2.68. The number of aliphatic hydroxyl groups excluding tert-OH is 2. The minimum absolute atomic E-state index is 0.0143. The Morgan fingerprint density at radius 1 is 1.22 bits per heavy atom. The minimum atomic E-state index is -0.442. The molecule has 2 N–H and O–H groups in total. The molecule has 4 nitrogen and oxygen atoms in total. The molecule has 0 aromatic heterocycles. The monoisotopic (exact) mass is 391 g/mol. The Kier molecular flexibility index (Phi) is 4.93. The number of carbonyl (C=O) groups excluding carboxylic acids is 1. The lowest BCUT2D eigenvalue weighted by atomic mass is 9.44. The summed E-state index contributed by atoms with van der Waals surface area (Å²) in [5.41, 5.74) is -0.331. The molecule has 0 aliphatic heterocycles. The Morgan fingerprint density at radius 3 is 2.63 bits per heavy atom. The van der Waals surface area contributed by atoms with Gasteiger partial charge in [-0.15, -0.1) is 0 Å². The summed E-state index contributed by atoms with van der Waals surface area (Å²) in [5, 5.41) is 32.0. The van der Waals surface area contributed by atoms with E-state index in [1.165, 1.54) is 0 Å². The van der Waals surface area contributed by atoms with Crippen LogP contribution in [0.1, 0.15) is 65.7 Å². The van der Waals surface area contributed by atoms with Crippen LogP contribution in [0.2, 0.25) is 0 Å². The third-order valence-electron chi connectivity index (χ3n) is 9.28. The molecule has 4 aliphatic rings. The lowest BCUT2D eigenvalue weighted by Crippen LogP contribution is -2.63. The second-order valence-corrected chi connectivity index (χ2v) is 11.1. The normalized spacial score (nSPS) is 53.0. The molecule has 10 atom stereocenters. The summed E-state index contributed by atoms with van der Waals surface area (Å²) < 4.78 is 0. The van der Waals surface area contributed by atoms with Crippen molar-refractivity contribution in [3.8, 4) is 5.40 Å². The quantitative estimate of drug-likeness (QED) is 0.701. The summed E-state index contributed by atoms with van der Waals surface area (Å²) in [7, 11) is 0. The van der Waals surface area contributed by atoms with Crippen molar-refractivity contribution in [2.24, 2.45) is 40.4 Å². The molecular weight excluding hydrogens is 358 g/mol. The van der Waals surface area contributed by atoms with E-state index in [4.69, 9.17) is 0 Å². The third kappa shape index (κ3) is 2.66. The molecule has 3 unspecified atom stereocenters. The van der Waals surface area contributed by atoms with Gasteiger partial charge in [0, 0.05) is 5.92 Å². The van der Waals surface area contributed by atoms with E-state index in [1.807, 2.05) is 6.92 Å². The van der Waals surface area contributed by atoms with Gasteiger partial charge in [-0.25, -0.2) is 0 Å². The van der Waals surface area contributed by atoms with E-state index in [1.54, 1.807) is 0 Å². The molecule has 0 saturated heterocycles. The molecule has 4 fully saturated rings. The molecular formula is C22H33NO3S. The smallest absolute Gasteiger partial charge is 0.151 e. The molecule has 0 amide bonds. The van der Waals surface area contributed by atoms with Crippen LogP contribution in [0, 0.1) is 51.1 Å². The molecule has 0 bridgehead atoms. The number of carbonyl (C=O) groups is 1. The number of thiocyanates is 1. The van der Waals surface area contributed by atoms with Crippen LogP contribution >= 0.6 is 11.8 Å². The number of hydrogen-bond donors (Lipinski definition) is 2. The van der Waals surface area contributed by atoms with Crippen LogP contribution in [0.3, 0.4) is 0 Å². The highest BCUT2D eigenvalue weighted by atomic mass is 32.2. The van der Waals surface area contributed by atoms with Crippen LogP contribution in [0.4, 0.5) is 0 Å². The summed E-state index contributed by atoms with van der Waals surface area (Å²) >= 11 is 1.15. The van der Waals surface area contributed by atoms with Gasteiger partial charge in [-0.05, 0) is 98.1 Å². The van der Waals surface area contributed by atoms with Crippen molar-refractivity contribution in [2.75, 3.05) is 0 Å². The third-order valence-corrected chi connectivity index (χ3v) is 10.4. The fourth-order valence-electron chi connectivity index (χ4n) is 8.06. The number of fused-ring (bicyclic) bond motifs is 5. The highest BCUT2D eigenvalue weighted by Gasteiger charge is 2.67. The summed E-state index contributed by atoms with van der Waals surface area (Å²) in [6, 6.07) is 0. The van der Waals surface area contributed by atoms with Crippen LogP contribution in [-0.4, -0.2) is 33.5 Å². The molecule has 5 heteroatoms. The van der Waals surface area contributed by atoms with E-state index in [9.17, 15) is 20.3 Å². The van der Waals surface area contributed by atoms with E-state index >= 15 is 0 Å². The zero-order valence-electron chi connectivity index (χ0n) is 16.7. The molecule has 0 heterocycles. The number of nitriles is 1. The van der Waals surface area contributed by atoms with Crippen molar-refractivity contribution in [1.29, 1.82) is 5.26 Å². The molecule has 0 radical (unpaired) electrons. The second kappa shape index (κ2) is 6.75. The van der Waals surface area contributed by atoms with Crippen LogP contribution < -0.4 is 0 Å². The number of rotatable bonds is 2. The second-order valence-electron chi connectivity index (χ2n) is 10.2. The van der Waals surface area contributed by atoms with Crippen LogP contribution in [0.5, 0.6) is 0 Å². The summed E-state index contributed by atoms with van der Waals surface area (Å²) in [6.45, 7) is 6.32. The molecule has 0 aromatic rings. The number of nitrogens with zero attached hydrogens (tertiary/aromatic N) is 1. The number of thioether (sulfide) groups is 1. The Bertz CT molecular complexity index is 660. The van der Waals surface area contributed by atoms with Crippen molar-refractivity contribution in [3.05, 3.63) is 0 Å². The van der Waals surface area contributed by atoms with Gasteiger partial charge < -0.3 is 10.2 Å². The van der Waals surface area contributed by atoms with Crippen LogP contribution in [-0.2, 0) is 4.79 Å². The van der Waals surface area contributed by atoms with Gasteiger partial charge in [0.1, 0.15) is 5.40 Å². The molecule has 4 rings (SSSR count). The minimum Gasteiger partial charge on any atom is -0.393 e. The summed E-state index contributed by atoms with van der Waals surface area (Å²) in [5.74, 6) is 1.57. The fourth-order valence-corrected chi connectivity index (χ4v) is 9.03. The average Bonchev–Trinajstić information content (AvgIpc) is 2.97. The first-order valence-electron chi connectivity index (χ1n) is 10.7. The Labute approximate surface area is 167 Å². The van der Waals surface area contributed by atoms with Crippen molar-refractivity contribution in [3.63, 3.8) is 0 Å². The summed E-state index contributed by atoms with van der Waals surface area (Å²) in [6.07, 6.45) is 6.03. The van der Waals surface area contributed by atoms with Crippen molar-refractivity contribution in [2.45, 2.75) is 83.2 Å². The number of Topliss-reactive ketones (excluding diaryl/α,β-unsaturated/α-hetero) is 1. The Hall–Kier alpha value is -0.570. The highest BCUT2D eigenvalue weighted by molar-refractivity contribution is 8.05. The predicted octanol–water partition coefficient (Wildman–Crippen LogP) is 3.76. The van der Waals surface area contributed by atoms with Crippen molar-refractivity contribution >= 4 is 17.5 Å². The SMILES string of the molecule is CC(O)[C@H]1CC[C@H]2[C@@H]3CCC4CC(O)CC[C@]4(C)[C@H]3C(=O)[C@H](SC#N)[C@]12C. The maximum atomic E-state index is 13.9. The first-order valence-corrected chi connectivity index (χ1v) is 11.6. The lowest BCUT2D eigenvalue weighted by Gasteiger charge is -2.61. The van der Waals surface area contributed by atoms with Gasteiger partial charge >= 0.3 is 0 Å². The van der Waals surface area contributed by atoms with Gasteiger partial charge in [0.2, 0.25) is 0 Å². The van der Waals surface area contributed by atoms with Gasteiger partial charge in [-0.2, -0.15) is 5.26 Å². The van der Waals surface area contributed by atoms with Gasteiger partial charge in [0.15, 0.2) is 5.78 Å². The molecule has 150 valence electrons. The summed E-state index contributed by atoms with van der Waals surface area (Å²) in [4.78, 5) is 13.9. The predicted molar refractivity (Wildman–Crippen MR) is 106 cm³/mol. The van der Waals surface area contributed by atoms with Crippen LogP contribution in [0.15, 0.2) is 0 Å². The maximum absolute atomic E-state index is 13.9. The zero-order chi connectivity index (χ0) is 19.6. The van der Waals surface area contributed by atoms with Crippen molar-refractivity contribution in [1.82, 2.24) is 0 Å². The fraction of sp³-hybridized carbons (Fsp3) is 0.909. The standard InChI is InChI=1S/C22H33NO3S/c1-12(24)16-6-7-17-15-5-4-13-10-14(25)8-9-21(13,2)18(15)19(26)20(27-11-23)22(16,17)3/h12-18,20,24-25H,4-10H2,1-3H3/t12?,13?,14?,15-,16+,17-,18+,20-,21-,22+/m0/s1. The van der Waals surface area contributed by atoms with Crippen LogP contribution in [0.25, 0.3) is 0 Å². The largest absolute Gasteiger partial charge is 0.393 e. The van der Waals surface area contributed by atoms with E-state index in [2.05, 4.69) is 19.2 Å². The lowest BCUT2D eigenvalue weighted by molar-refractivity contribution is -0.161. The average molecular weight is 392 g/mol. The maximum Gasteiger partial charge on any atom is 0.151 e. The van der Waals surface area contributed by atoms with Gasteiger partial charge in [-0.1, -0.05) is 13.8 Å². The number of hydrogen-bond acceptors (Lipinski definition) is 5. The first-order chi connectivity index (χ1) is 12.7. The molecule has 4 aliphatic carbocycles. The van der Waals surface area contributed by atoms with E-state index in [0.717, 1.165) is 56.7 Å². The Balaban J connectivity index is 1.76. The molecule has 27 heavy (non-hydrogen) atoms. The molecule has 0 aromatic carbocycles. The number of ketones is 1. The number of aliphatic hydroxyl groups is 2. The van der Waals surface area contributed by atoms with Gasteiger partial charge in [0.05, 0.1) is 17.5 Å². The van der Waals surface area contributed by atoms with E-state index < -0.39 is 6.10 Å². The van der Waals surface area contributed by atoms with Crippen molar-refractivity contribution < 1.29 is 15.0 Å². The first kappa shape index (κ1) is 19.7. The zero-order valence-corrected chi connectivity index (χ0v) is 17.5. The molecule has 4 saturated carbocycles. The topological polar surface area (TPSA) is 81.3 Å². The Morgan fingerprint density at radius 2 is 1.96 bits per heavy atom. The van der Waals surface area contributed by atoms with E-state index in [-0.39, 0.29) is 39.8 Å². The van der Waals surface area contributed by atoms with E-state index in [0.29, 0.717) is 17.8 Å². The van der Waals surface area contributed by atoms with Gasteiger partial charge in [0.25, 0.3) is 0 Å². The molecule has 0 spiro atoms. The van der Waals surface area contributed by atoms with Gasteiger partial charge in [-0.3, -0.25) is 4.79 Å².